The molecule has 0 bridgehead atoms. The molecule has 49 heavy (non-hydrogen) atoms. The summed E-state index contributed by atoms with van der Waals surface area (Å²) in [5.74, 6) is 0.624. The van der Waals surface area contributed by atoms with Gasteiger partial charge in [-0.2, -0.15) is 0 Å². The molecule has 0 N–H and O–H groups in total. The van der Waals surface area contributed by atoms with Crippen molar-refractivity contribution in [2.24, 2.45) is 0 Å². The molecule has 0 saturated heterocycles. The largest absolute Gasteiger partial charge is 0.456 e. The van der Waals surface area contributed by atoms with E-state index in [1.165, 1.54) is 0 Å². The van der Waals surface area contributed by atoms with E-state index in [4.69, 9.17) is 13.8 Å². The highest BCUT2D eigenvalue weighted by Gasteiger charge is 2.20. The third kappa shape index (κ3) is 4.42. The summed E-state index contributed by atoms with van der Waals surface area (Å²) in [5.41, 5.74) is 9.86. The summed E-state index contributed by atoms with van der Waals surface area (Å²) in [5, 5.41) is 6.66. The highest BCUT2D eigenvalue weighted by atomic mass is 16.3. The van der Waals surface area contributed by atoms with Crippen molar-refractivity contribution in [1.82, 2.24) is 4.98 Å². The number of furan rings is 1. The normalized spacial score (nSPS) is 11.7. The van der Waals surface area contributed by atoms with E-state index in [1.54, 1.807) is 0 Å². The molecule has 0 atom stereocenters. The van der Waals surface area contributed by atoms with Gasteiger partial charge < -0.3 is 13.7 Å². The van der Waals surface area contributed by atoms with Crippen LogP contribution in [0, 0.1) is 0 Å². The van der Waals surface area contributed by atoms with Gasteiger partial charge in [-0.15, -0.1) is 0 Å². The molecule has 0 spiro atoms. The topological polar surface area (TPSA) is 42.4 Å². The zero-order valence-corrected chi connectivity index (χ0v) is 26.4. The number of aromatic nitrogens is 1. The summed E-state index contributed by atoms with van der Waals surface area (Å²) in [6.45, 7) is 0. The molecule has 0 fully saturated rings. The Labute approximate surface area is 282 Å². The molecule has 0 unspecified atom stereocenters. The molecular weight excluding hydrogens is 601 g/mol. The van der Waals surface area contributed by atoms with E-state index in [0.29, 0.717) is 5.89 Å². The van der Waals surface area contributed by atoms with Gasteiger partial charge >= 0.3 is 0 Å². The summed E-state index contributed by atoms with van der Waals surface area (Å²) in [7, 11) is 0. The number of hydrogen-bond acceptors (Lipinski definition) is 4. The minimum absolute atomic E-state index is 0.624. The first-order valence-corrected chi connectivity index (χ1v) is 16.5. The highest BCUT2D eigenvalue weighted by Crippen LogP contribution is 2.44. The Hall–Kier alpha value is -6.65. The van der Waals surface area contributed by atoms with Crippen LogP contribution >= 0.6 is 0 Å². The van der Waals surface area contributed by atoms with Crippen LogP contribution in [-0.4, -0.2) is 4.98 Å². The molecule has 4 nitrogen and oxygen atoms in total. The molecule has 10 rings (SSSR count). The van der Waals surface area contributed by atoms with E-state index in [2.05, 4.69) is 126 Å². The quantitative estimate of drug-likeness (QED) is 0.178. The predicted octanol–water partition coefficient (Wildman–Crippen LogP) is 12.8. The summed E-state index contributed by atoms with van der Waals surface area (Å²) in [6, 6.07) is 59.2. The minimum Gasteiger partial charge on any atom is -0.456 e. The molecular formula is C45H28N2O2. The SMILES string of the molecule is c1ccc(-c2nc3ccc4ccc5c(N(c6ccccc6)c6cccc(-c7cccc8oc9ccccc9c78)c6)cccc5c4c3o2)cc1. The maximum atomic E-state index is 6.54. The van der Waals surface area contributed by atoms with Crippen molar-refractivity contribution in [3.05, 3.63) is 170 Å². The number of hydrogen-bond donors (Lipinski definition) is 0. The van der Waals surface area contributed by atoms with Gasteiger partial charge in [0.2, 0.25) is 5.89 Å². The van der Waals surface area contributed by atoms with Crippen LogP contribution < -0.4 is 4.90 Å². The number of benzene rings is 8. The Morgan fingerprint density at radius 3 is 2.04 bits per heavy atom. The van der Waals surface area contributed by atoms with E-state index >= 15 is 0 Å². The molecule has 4 heteroatoms. The zero-order valence-electron chi connectivity index (χ0n) is 26.4. The van der Waals surface area contributed by atoms with E-state index < -0.39 is 0 Å². The zero-order chi connectivity index (χ0) is 32.3. The van der Waals surface area contributed by atoms with Gasteiger partial charge in [0.15, 0.2) is 5.58 Å². The molecule has 0 aliphatic carbocycles. The van der Waals surface area contributed by atoms with E-state index in [0.717, 1.165) is 88.3 Å². The number of para-hydroxylation sites is 2. The van der Waals surface area contributed by atoms with Crippen molar-refractivity contribution in [3.8, 4) is 22.6 Å². The van der Waals surface area contributed by atoms with E-state index in [-0.39, 0.29) is 0 Å². The summed E-state index contributed by atoms with van der Waals surface area (Å²) < 4.78 is 12.8. The molecule has 2 aromatic heterocycles. The van der Waals surface area contributed by atoms with Crippen LogP contribution in [0.4, 0.5) is 17.1 Å². The first kappa shape index (κ1) is 27.5. The Morgan fingerprint density at radius 1 is 0.449 bits per heavy atom. The monoisotopic (exact) mass is 628 g/mol. The maximum Gasteiger partial charge on any atom is 0.227 e. The van der Waals surface area contributed by atoms with Gasteiger partial charge in [-0.3, -0.25) is 0 Å². The van der Waals surface area contributed by atoms with Gasteiger partial charge in [-0.1, -0.05) is 109 Å². The second-order valence-corrected chi connectivity index (χ2v) is 12.3. The molecule has 0 aliphatic rings. The van der Waals surface area contributed by atoms with Gasteiger partial charge in [0.1, 0.15) is 16.7 Å². The van der Waals surface area contributed by atoms with Crippen molar-refractivity contribution < 1.29 is 8.83 Å². The van der Waals surface area contributed by atoms with E-state index in [1.807, 2.05) is 48.5 Å². The number of fused-ring (bicyclic) bond motifs is 8. The Kier molecular flexibility index (Phi) is 6.15. The van der Waals surface area contributed by atoms with Gasteiger partial charge in [0, 0.05) is 38.5 Å². The molecule has 8 aromatic carbocycles. The fourth-order valence-electron chi connectivity index (χ4n) is 7.27. The highest BCUT2D eigenvalue weighted by molar-refractivity contribution is 6.20. The van der Waals surface area contributed by atoms with Gasteiger partial charge in [0.25, 0.3) is 0 Å². The van der Waals surface area contributed by atoms with Crippen molar-refractivity contribution in [1.29, 1.82) is 0 Å². The second kappa shape index (κ2) is 11.0. The Morgan fingerprint density at radius 2 is 1.14 bits per heavy atom. The lowest BCUT2D eigenvalue weighted by molar-refractivity contribution is 0.623. The average molecular weight is 629 g/mol. The van der Waals surface area contributed by atoms with Crippen molar-refractivity contribution in [2.45, 2.75) is 0 Å². The summed E-state index contributed by atoms with van der Waals surface area (Å²) in [4.78, 5) is 7.23. The lowest BCUT2D eigenvalue weighted by Crippen LogP contribution is -2.10. The van der Waals surface area contributed by atoms with Crippen LogP contribution in [0.5, 0.6) is 0 Å². The third-order valence-electron chi connectivity index (χ3n) is 9.47. The fraction of sp³-hybridized carbons (Fsp3) is 0. The lowest BCUT2D eigenvalue weighted by atomic mass is 9.97. The van der Waals surface area contributed by atoms with Crippen molar-refractivity contribution in [2.75, 3.05) is 4.90 Å². The minimum atomic E-state index is 0.624. The number of anilines is 3. The third-order valence-corrected chi connectivity index (χ3v) is 9.47. The summed E-state index contributed by atoms with van der Waals surface area (Å²) >= 11 is 0. The standard InChI is InChI=1S/C45H28N2O2/c1-3-12-30(13-4-1)45-46-38-27-25-29-24-26-35-36(42(29)44(38)49-45)20-10-21-39(35)47(32-15-5-2-6-16-32)33-17-9-14-31(28-33)34-19-11-23-41-43(34)37-18-7-8-22-40(37)48-41/h1-28H. The van der Waals surface area contributed by atoms with Crippen LogP contribution in [0.25, 0.3) is 77.2 Å². The van der Waals surface area contributed by atoms with Crippen LogP contribution in [0.1, 0.15) is 0 Å². The predicted molar refractivity (Wildman–Crippen MR) is 202 cm³/mol. The smallest absolute Gasteiger partial charge is 0.227 e. The second-order valence-electron chi connectivity index (χ2n) is 12.3. The molecule has 2 heterocycles. The average Bonchev–Trinajstić information content (AvgIpc) is 3.78. The first-order chi connectivity index (χ1) is 24.3. The number of oxazole rings is 1. The molecule has 0 radical (unpaired) electrons. The van der Waals surface area contributed by atoms with Crippen LogP contribution in [0.2, 0.25) is 0 Å². The van der Waals surface area contributed by atoms with Crippen molar-refractivity contribution in [3.63, 3.8) is 0 Å². The number of rotatable bonds is 5. The number of nitrogens with zero attached hydrogens (tertiary/aromatic N) is 2. The van der Waals surface area contributed by atoms with E-state index in [9.17, 15) is 0 Å². The molecule has 230 valence electrons. The Bertz CT molecular complexity index is 2830. The van der Waals surface area contributed by atoms with Crippen molar-refractivity contribution >= 4 is 71.6 Å². The van der Waals surface area contributed by atoms with Crippen LogP contribution in [0.15, 0.2) is 179 Å². The summed E-state index contributed by atoms with van der Waals surface area (Å²) in [6.07, 6.45) is 0. The van der Waals surface area contributed by atoms with Gasteiger partial charge in [0.05, 0.1) is 5.69 Å². The molecule has 0 aliphatic heterocycles. The van der Waals surface area contributed by atoms with Gasteiger partial charge in [-0.25, -0.2) is 4.98 Å². The lowest BCUT2D eigenvalue weighted by Gasteiger charge is -2.27. The molecule has 0 saturated carbocycles. The van der Waals surface area contributed by atoms with Crippen LogP contribution in [0.3, 0.4) is 0 Å². The Balaban J connectivity index is 1.19. The first-order valence-electron chi connectivity index (χ1n) is 16.5. The maximum absolute atomic E-state index is 6.54. The van der Waals surface area contributed by atoms with Crippen LogP contribution in [-0.2, 0) is 0 Å². The molecule has 10 aromatic rings. The molecule has 0 amide bonds. The fourth-order valence-corrected chi connectivity index (χ4v) is 7.27. The van der Waals surface area contributed by atoms with Gasteiger partial charge in [-0.05, 0) is 82.6 Å².